The number of hydrogen-bond acceptors (Lipinski definition) is 5. The number of hydrogen-bond donors (Lipinski definition) is 0. The molecule has 0 aliphatic carbocycles. The molecule has 20 heavy (non-hydrogen) atoms. The lowest BCUT2D eigenvalue weighted by Gasteiger charge is -2.13. The highest BCUT2D eigenvalue weighted by atomic mass is 16.6. The Morgan fingerprint density at radius 2 is 1.85 bits per heavy atom. The van der Waals surface area contributed by atoms with Gasteiger partial charge in [-0.3, -0.25) is 14.9 Å². The van der Waals surface area contributed by atoms with Crippen LogP contribution in [-0.4, -0.2) is 24.9 Å². The molecule has 0 amide bonds. The van der Waals surface area contributed by atoms with Crippen LogP contribution in [0, 0.1) is 16.0 Å². The molecule has 0 aromatic heterocycles. The van der Waals surface area contributed by atoms with E-state index in [1.54, 1.807) is 19.9 Å². The topological polar surface area (TPSA) is 78.7 Å². The van der Waals surface area contributed by atoms with E-state index >= 15 is 0 Å². The molecule has 1 rings (SSSR count). The van der Waals surface area contributed by atoms with Crippen molar-refractivity contribution in [2.45, 2.75) is 26.7 Å². The lowest BCUT2D eigenvalue weighted by atomic mass is 9.94. The number of ether oxygens (including phenoxy) is 2. The fourth-order valence-corrected chi connectivity index (χ4v) is 2.04. The predicted octanol–water partition coefficient (Wildman–Crippen LogP) is 2.77. The van der Waals surface area contributed by atoms with E-state index in [1.807, 2.05) is 0 Å². The summed E-state index contributed by atoms with van der Waals surface area (Å²) < 4.78 is 10.2. The van der Waals surface area contributed by atoms with E-state index in [-0.39, 0.29) is 17.4 Å². The molecule has 1 unspecified atom stereocenters. The number of Topliss-reactive ketones (excluding diaryl/α,β-unsaturated/α-hetero) is 1. The number of nitro groups is 1. The maximum atomic E-state index is 11.6. The summed E-state index contributed by atoms with van der Waals surface area (Å²) in [4.78, 5) is 22.3. The minimum atomic E-state index is -0.472. The summed E-state index contributed by atoms with van der Waals surface area (Å²) in [5.74, 6) is 0.535. The summed E-state index contributed by atoms with van der Waals surface area (Å²) in [6, 6.07) is 2.90. The second kappa shape index (κ2) is 6.88. The molecule has 6 heteroatoms. The average Bonchev–Trinajstić information content (AvgIpc) is 2.45. The van der Waals surface area contributed by atoms with E-state index < -0.39 is 4.92 Å². The zero-order chi connectivity index (χ0) is 15.3. The van der Waals surface area contributed by atoms with Crippen LogP contribution in [-0.2, 0) is 11.2 Å². The van der Waals surface area contributed by atoms with Crippen molar-refractivity contribution in [3.63, 3.8) is 0 Å². The monoisotopic (exact) mass is 281 g/mol. The van der Waals surface area contributed by atoms with Crippen molar-refractivity contribution < 1.29 is 19.2 Å². The number of nitro benzene ring substituents is 1. The van der Waals surface area contributed by atoms with Gasteiger partial charge in [0.05, 0.1) is 25.2 Å². The smallest absolute Gasteiger partial charge is 0.276 e. The fraction of sp³-hybridized carbons (Fsp3) is 0.500. The van der Waals surface area contributed by atoms with Gasteiger partial charge in [0.15, 0.2) is 11.5 Å². The fourth-order valence-electron chi connectivity index (χ4n) is 2.04. The molecule has 0 bridgehead atoms. The highest BCUT2D eigenvalue weighted by Gasteiger charge is 2.22. The number of rotatable bonds is 7. The highest BCUT2D eigenvalue weighted by Crippen LogP contribution is 2.35. The Bertz CT molecular complexity index is 513. The quantitative estimate of drug-likeness (QED) is 0.567. The minimum Gasteiger partial charge on any atom is -0.493 e. The molecule has 0 saturated heterocycles. The van der Waals surface area contributed by atoms with Crippen LogP contribution in [0.3, 0.4) is 0 Å². The summed E-state index contributed by atoms with van der Waals surface area (Å²) in [6.45, 7) is 3.55. The van der Waals surface area contributed by atoms with Gasteiger partial charge in [-0.2, -0.15) is 0 Å². The molecule has 1 aromatic rings. The van der Waals surface area contributed by atoms with Crippen LogP contribution in [0.1, 0.15) is 25.8 Å². The Hall–Kier alpha value is -2.11. The van der Waals surface area contributed by atoms with Gasteiger partial charge in [-0.1, -0.05) is 13.8 Å². The molecule has 0 radical (unpaired) electrons. The van der Waals surface area contributed by atoms with Gasteiger partial charge in [-0.15, -0.1) is 0 Å². The summed E-state index contributed by atoms with van der Waals surface area (Å²) in [5, 5.41) is 11.1. The van der Waals surface area contributed by atoms with Crippen molar-refractivity contribution in [3.05, 3.63) is 27.8 Å². The third-order valence-electron chi connectivity index (χ3n) is 3.21. The largest absolute Gasteiger partial charge is 0.493 e. The standard InChI is InChI=1S/C14H19NO5/c1-5-12(16)9(2)6-10-7-13(19-3)14(20-4)8-11(10)15(17)18/h7-9H,5-6H2,1-4H3. The van der Waals surface area contributed by atoms with Crippen LogP contribution in [0.4, 0.5) is 5.69 Å². The first-order valence-electron chi connectivity index (χ1n) is 6.36. The van der Waals surface area contributed by atoms with Gasteiger partial charge in [-0.05, 0) is 12.5 Å². The zero-order valence-electron chi connectivity index (χ0n) is 12.1. The Morgan fingerprint density at radius 1 is 1.30 bits per heavy atom. The van der Waals surface area contributed by atoms with Crippen LogP contribution >= 0.6 is 0 Å². The van der Waals surface area contributed by atoms with Gasteiger partial charge in [0, 0.05) is 17.9 Å². The molecule has 0 aliphatic rings. The van der Waals surface area contributed by atoms with E-state index in [9.17, 15) is 14.9 Å². The van der Waals surface area contributed by atoms with Gasteiger partial charge in [0.1, 0.15) is 5.78 Å². The minimum absolute atomic E-state index is 0.0570. The molecule has 0 fully saturated rings. The molecular weight excluding hydrogens is 262 g/mol. The summed E-state index contributed by atoms with van der Waals surface area (Å²) in [5.41, 5.74) is 0.417. The first-order chi connectivity index (χ1) is 9.44. The summed E-state index contributed by atoms with van der Waals surface area (Å²) in [7, 11) is 2.89. The van der Waals surface area contributed by atoms with Crippen LogP contribution in [0.5, 0.6) is 11.5 Å². The Kier molecular flexibility index (Phi) is 5.49. The second-order valence-corrected chi connectivity index (χ2v) is 4.52. The van der Waals surface area contributed by atoms with E-state index in [0.29, 0.717) is 29.9 Å². The molecule has 6 nitrogen and oxygen atoms in total. The van der Waals surface area contributed by atoms with Crippen LogP contribution in [0.2, 0.25) is 0 Å². The molecule has 0 heterocycles. The highest BCUT2D eigenvalue weighted by molar-refractivity contribution is 5.80. The molecular formula is C14H19NO5. The summed E-state index contributed by atoms with van der Waals surface area (Å²) in [6.07, 6.45) is 0.728. The van der Waals surface area contributed by atoms with Crippen molar-refractivity contribution in [2.75, 3.05) is 14.2 Å². The Balaban J connectivity index is 3.22. The molecule has 110 valence electrons. The third kappa shape index (κ3) is 3.46. The maximum absolute atomic E-state index is 11.6. The van der Waals surface area contributed by atoms with Crippen molar-refractivity contribution in [2.24, 2.45) is 5.92 Å². The van der Waals surface area contributed by atoms with Gasteiger partial charge in [0.2, 0.25) is 0 Å². The first kappa shape index (κ1) is 15.9. The van der Waals surface area contributed by atoms with E-state index in [2.05, 4.69) is 0 Å². The van der Waals surface area contributed by atoms with E-state index in [1.165, 1.54) is 20.3 Å². The maximum Gasteiger partial charge on any atom is 0.276 e. The number of ketones is 1. The van der Waals surface area contributed by atoms with Crippen molar-refractivity contribution in [1.29, 1.82) is 0 Å². The number of carbonyl (C=O) groups excluding carboxylic acids is 1. The molecule has 0 spiro atoms. The number of benzene rings is 1. The predicted molar refractivity (Wildman–Crippen MR) is 74.4 cm³/mol. The lowest BCUT2D eigenvalue weighted by Crippen LogP contribution is -2.13. The lowest BCUT2D eigenvalue weighted by molar-refractivity contribution is -0.385. The Morgan fingerprint density at radius 3 is 2.30 bits per heavy atom. The number of carbonyl (C=O) groups is 1. The second-order valence-electron chi connectivity index (χ2n) is 4.52. The van der Waals surface area contributed by atoms with Crippen LogP contribution in [0.25, 0.3) is 0 Å². The van der Waals surface area contributed by atoms with Gasteiger partial charge in [0.25, 0.3) is 5.69 Å². The third-order valence-corrected chi connectivity index (χ3v) is 3.21. The van der Waals surface area contributed by atoms with Crippen LogP contribution in [0.15, 0.2) is 12.1 Å². The molecule has 0 aliphatic heterocycles. The van der Waals surface area contributed by atoms with Crippen molar-refractivity contribution in [1.82, 2.24) is 0 Å². The Labute approximate surface area is 117 Å². The van der Waals surface area contributed by atoms with Gasteiger partial charge < -0.3 is 9.47 Å². The molecule has 0 N–H and O–H groups in total. The molecule has 1 aromatic carbocycles. The van der Waals surface area contributed by atoms with Gasteiger partial charge in [-0.25, -0.2) is 0 Å². The van der Waals surface area contributed by atoms with Gasteiger partial charge >= 0.3 is 0 Å². The zero-order valence-corrected chi connectivity index (χ0v) is 12.1. The summed E-state index contributed by atoms with van der Waals surface area (Å²) >= 11 is 0. The van der Waals surface area contributed by atoms with E-state index in [0.717, 1.165) is 0 Å². The average molecular weight is 281 g/mol. The van der Waals surface area contributed by atoms with E-state index in [4.69, 9.17) is 9.47 Å². The van der Waals surface area contributed by atoms with Crippen molar-refractivity contribution in [3.8, 4) is 11.5 Å². The molecule has 1 atom stereocenters. The normalized spacial score (nSPS) is 11.8. The molecule has 0 saturated carbocycles. The first-order valence-corrected chi connectivity index (χ1v) is 6.36. The van der Waals surface area contributed by atoms with Crippen LogP contribution < -0.4 is 9.47 Å². The number of nitrogens with zero attached hydrogens (tertiary/aromatic N) is 1. The number of methoxy groups -OCH3 is 2. The SMILES string of the molecule is CCC(=O)C(C)Cc1cc(OC)c(OC)cc1[N+](=O)[O-]. The van der Waals surface area contributed by atoms with Crippen molar-refractivity contribution >= 4 is 11.5 Å².